The summed E-state index contributed by atoms with van der Waals surface area (Å²) in [5, 5.41) is 0. The number of para-hydroxylation sites is 1. The van der Waals surface area contributed by atoms with Gasteiger partial charge in [0.15, 0.2) is 0 Å². The molecule has 3 aromatic rings. The maximum absolute atomic E-state index is 13.3. The van der Waals surface area contributed by atoms with Crippen molar-refractivity contribution in [2.75, 3.05) is 28.4 Å². The fourth-order valence-electron chi connectivity index (χ4n) is 2.88. The van der Waals surface area contributed by atoms with Crippen molar-refractivity contribution in [3.63, 3.8) is 0 Å². The summed E-state index contributed by atoms with van der Waals surface area (Å²) in [7, 11) is 1.98. The number of hydrogen-bond donors (Lipinski definition) is 0. The molecule has 32 heavy (non-hydrogen) atoms. The Bertz CT molecular complexity index is 1150. The van der Waals surface area contributed by atoms with Crippen LogP contribution in [0.4, 0.5) is 0 Å². The van der Waals surface area contributed by atoms with E-state index in [2.05, 4.69) is 0 Å². The molecule has 0 N–H and O–H groups in total. The first kappa shape index (κ1) is 24.1. The van der Waals surface area contributed by atoms with Gasteiger partial charge >= 0.3 is 197 Å². The van der Waals surface area contributed by atoms with Crippen molar-refractivity contribution in [3.05, 3.63) is 73.4 Å². The van der Waals surface area contributed by atoms with E-state index >= 15 is 0 Å². The molecule has 0 heterocycles. The van der Waals surface area contributed by atoms with Gasteiger partial charge in [-0.05, 0) is 0 Å². The molecule has 9 heteroatoms. The normalized spacial score (nSPS) is 11.6. The van der Waals surface area contributed by atoms with Gasteiger partial charge in [0.25, 0.3) is 0 Å². The average molecular weight is 572 g/mol. The van der Waals surface area contributed by atoms with Crippen LogP contribution in [0.25, 0.3) is 0 Å². The number of rotatable bonds is 9. The Morgan fingerprint density at radius 2 is 1.28 bits per heavy atom. The standard InChI is InChI=1S/C23H25IO7S/c1-16-10-12-18(13-11-16)32(25,26)31-24(19-8-6-7-9-20(19)28-3)23-21(29-4)14-17(27-2)15-22(23)30-5/h6-15H,1-5H3. The molecule has 0 radical (unpaired) electrons. The molecule has 7 nitrogen and oxygen atoms in total. The van der Waals surface area contributed by atoms with Crippen molar-refractivity contribution in [1.29, 1.82) is 0 Å². The Balaban J connectivity index is 2.24. The van der Waals surface area contributed by atoms with E-state index in [1.807, 2.05) is 19.1 Å². The molecule has 172 valence electrons. The predicted molar refractivity (Wildman–Crippen MR) is 130 cm³/mol. The summed E-state index contributed by atoms with van der Waals surface area (Å²) < 4.78 is 55.8. The monoisotopic (exact) mass is 572 g/mol. The SMILES string of the molecule is COc1cc(OC)c(I(OS(=O)(=O)c2ccc(C)cc2)c2ccccc2OC)c(OC)c1. The summed E-state index contributed by atoms with van der Waals surface area (Å²) in [5.41, 5.74) is 0.947. The molecule has 3 rings (SSSR count). The van der Waals surface area contributed by atoms with E-state index in [9.17, 15) is 8.42 Å². The molecule has 0 aliphatic rings. The van der Waals surface area contributed by atoms with E-state index in [-0.39, 0.29) is 4.90 Å². The maximum atomic E-state index is 13.3. The molecule has 0 atom stereocenters. The molecular weight excluding hydrogens is 547 g/mol. The minimum absolute atomic E-state index is 0.0757. The molecule has 0 unspecified atom stereocenters. The number of aryl methyl sites for hydroxylation is 1. The number of ether oxygens (including phenoxy) is 4. The fourth-order valence-corrected chi connectivity index (χ4v) is 10.6. The van der Waals surface area contributed by atoms with Gasteiger partial charge in [0.1, 0.15) is 0 Å². The minimum atomic E-state index is -4.09. The number of benzene rings is 3. The molecule has 0 aliphatic carbocycles. The molecule has 3 aromatic carbocycles. The van der Waals surface area contributed by atoms with Gasteiger partial charge in [-0.2, -0.15) is 0 Å². The van der Waals surface area contributed by atoms with Crippen LogP contribution in [-0.4, -0.2) is 36.9 Å². The Kier molecular flexibility index (Phi) is 7.86. The second-order valence-corrected chi connectivity index (χ2v) is 12.8. The first-order valence-corrected chi connectivity index (χ1v) is 13.9. The number of hydrogen-bond acceptors (Lipinski definition) is 7. The molecule has 0 spiro atoms. The van der Waals surface area contributed by atoms with Crippen LogP contribution in [0.2, 0.25) is 0 Å². The number of halogens is 1. The quantitative estimate of drug-likeness (QED) is 0.338. The molecular formula is C23H25IO7S. The van der Waals surface area contributed by atoms with E-state index in [0.29, 0.717) is 30.1 Å². The van der Waals surface area contributed by atoms with Crippen molar-refractivity contribution in [1.82, 2.24) is 0 Å². The van der Waals surface area contributed by atoms with E-state index in [0.717, 1.165) is 5.56 Å². The average Bonchev–Trinajstić information content (AvgIpc) is 2.82. The van der Waals surface area contributed by atoms with Crippen LogP contribution >= 0.6 is 20.2 Å². The van der Waals surface area contributed by atoms with Gasteiger partial charge in [0.2, 0.25) is 0 Å². The van der Waals surface area contributed by atoms with E-state index in [4.69, 9.17) is 21.5 Å². The van der Waals surface area contributed by atoms with Crippen LogP contribution in [0.3, 0.4) is 0 Å². The van der Waals surface area contributed by atoms with Gasteiger partial charge < -0.3 is 0 Å². The third-order valence-corrected chi connectivity index (χ3v) is 12.2. The molecule has 0 fully saturated rings. The van der Waals surface area contributed by atoms with E-state index in [1.165, 1.54) is 40.6 Å². The Labute approximate surface area is 196 Å². The third kappa shape index (κ3) is 5.11. The van der Waals surface area contributed by atoms with Crippen LogP contribution in [-0.2, 0) is 12.6 Å². The zero-order chi connectivity index (χ0) is 23.3. The van der Waals surface area contributed by atoms with Gasteiger partial charge in [-0.25, -0.2) is 0 Å². The summed E-state index contributed by atoms with van der Waals surface area (Å²) >= 11 is -3.22. The van der Waals surface area contributed by atoms with E-state index in [1.54, 1.807) is 36.4 Å². The summed E-state index contributed by atoms with van der Waals surface area (Å²) in [4.78, 5) is 0.0757. The van der Waals surface area contributed by atoms with Crippen molar-refractivity contribution >= 4 is 30.4 Å². The summed E-state index contributed by atoms with van der Waals surface area (Å²) in [6.07, 6.45) is 0. The van der Waals surface area contributed by atoms with Gasteiger partial charge in [0, 0.05) is 0 Å². The van der Waals surface area contributed by atoms with Gasteiger partial charge in [-0.1, -0.05) is 0 Å². The first-order chi connectivity index (χ1) is 15.3. The van der Waals surface area contributed by atoms with Crippen LogP contribution in [0.15, 0.2) is 65.6 Å². The summed E-state index contributed by atoms with van der Waals surface area (Å²) in [6.45, 7) is 1.89. The Morgan fingerprint density at radius 3 is 1.81 bits per heavy atom. The molecule has 0 aliphatic heterocycles. The molecule has 0 saturated heterocycles. The van der Waals surface area contributed by atoms with E-state index < -0.39 is 30.4 Å². The fraction of sp³-hybridized carbons (Fsp3) is 0.217. The van der Waals surface area contributed by atoms with Crippen molar-refractivity contribution in [2.24, 2.45) is 0 Å². The third-order valence-electron chi connectivity index (χ3n) is 4.52. The van der Waals surface area contributed by atoms with Crippen LogP contribution in [0.5, 0.6) is 23.0 Å². The van der Waals surface area contributed by atoms with Gasteiger partial charge in [-0.15, -0.1) is 0 Å². The second kappa shape index (κ2) is 10.4. The molecule has 0 amide bonds. The first-order valence-electron chi connectivity index (χ1n) is 9.49. The Morgan fingerprint density at radius 1 is 0.719 bits per heavy atom. The topological polar surface area (TPSA) is 80.3 Å². The van der Waals surface area contributed by atoms with Crippen molar-refractivity contribution < 1.29 is 29.9 Å². The van der Waals surface area contributed by atoms with Gasteiger partial charge in [-0.3, -0.25) is 0 Å². The summed E-state index contributed by atoms with van der Waals surface area (Å²) in [6, 6.07) is 17.1. The molecule has 0 aromatic heterocycles. The zero-order valence-electron chi connectivity index (χ0n) is 18.4. The predicted octanol–water partition coefficient (Wildman–Crippen LogP) is 4.90. The van der Waals surface area contributed by atoms with Crippen LogP contribution in [0.1, 0.15) is 5.56 Å². The van der Waals surface area contributed by atoms with Crippen molar-refractivity contribution in [3.8, 4) is 23.0 Å². The van der Waals surface area contributed by atoms with Crippen molar-refractivity contribution in [2.45, 2.75) is 11.8 Å². The second-order valence-electron chi connectivity index (χ2n) is 6.56. The van der Waals surface area contributed by atoms with Crippen LogP contribution in [0, 0.1) is 14.1 Å². The van der Waals surface area contributed by atoms with Gasteiger partial charge in [0.05, 0.1) is 0 Å². The molecule has 0 saturated carbocycles. The summed E-state index contributed by atoms with van der Waals surface area (Å²) in [5.74, 6) is 1.87. The van der Waals surface area contributed by atoms with Crippen LogP contribution < -0.4 is 18.9 Å². The zero-order valence-corrected chi connectivity index (χ0v) is 21.4. The Hall–Kier alpha value is -2.50. The number of methoxy groups -OCH3 is 4. The molecule has 0 bridgehead atoms.